The van der Waals surface area contributed by atoms with E-state index in [0.717, 1.165) is 5.57 Å². The van der Waals surface area contributed by atoms with Crippen LogP contribution in [0.2, 0.25) is 0 Å². The molecule has 2 nitrogen and oxygen atoms in total. The summed E-state index contributed by atoms with van der Waals surface area (Å²) in [7, 11) is 1.61. The monoisotopic (exact) mass is 156 g/mol. The van der Waals surface area contributed by atoms with E-state index in [-0.39, 0.29) is 11.9 Å². The van der Waals surface area contributed by atoms with E-state index >= 15 is 0 Å². The van der Waals surface area contributed by atoms with Gasteiger partial charge in [-0.15, -0.1) is 0 Å². The van der Waals surface area contributed by atoms with Crippen molar-refractivity contribution in [1.29, 1.82) is 0 Å². The third-order valence-corrected chi connectivity index (χ3v) is 1.42. The molecular formula is C9H16O2. The minimum Gasteiger partial charge on any atom is -0.381 e. The topological polar surface area (TPSA) is 26.3 Å². The summed E-state index contributed by atoms with van der Waals surface area (Å²) < 4.78 is 4.95. The Morgan fingerprint density at radius 1 is 1.64 bits per heavy atom. The number of hydrogen-bond acceptors (Lipinski definition) is 2. The molecule has 1 unspecified atom stereocenters. The predicted molar refractivity (Wildman–Crippen MR) is 45.5 cm³/mol. The van der Waals surface area contributed by atoms with Gasteiger partial charge in [-0.2, -0.15) is 0 Å². The number of methoxy groups -OCH3 is 1. The minimum absolute atomic E-state index is 0.0295. The van der Waals surface area contributed by atoms with Gasteiger partial charge in [0.2, 0.25) is 0 Å². The van der Waals surface area contributed by atoms with Crippen LogP contribution in [0.1, 0.15) is 26.7 Å². The highest BCUT2D eigenvalue weighted by molar-refractivity contribution is 5.80. The third kappa shape index (κ3) is 5.80. The van der Waals surface area contributed by atoms with E-state index in [0.29, 0.717) is 12.8 Å². The summed E-state index contributed by atoms with van der Waals surface area (Å²) in [6, 6.07) is 0. The van der Waals surface area contributed by atoms with Crippen molar-refractivity contribution in [3.05, 3.63) is 12.2 Å². The molecule has 0 aromatic rings. The van der Waals surface area contributed by atoms with Crippen molar-refractivity contribution in [3.8, 4) is 0 Å². The second-order valence-electron chi connectivity index (χ2n) is 2.92. The van der Waals surface area contributed by atoms with Gasteiger partial charge in [0, 0.05) is 20.0 Å². The van der Waals surface area contributed by atoms with Gasteiger partial charge in [0.15, 0.2) is 0 Å². The predicted octanol–water partition coefficient (Wildman–Crippen LogP) is 1.95. The first kappa shape index (κ1) is 10.4. The van der Waals surface area contributed by atoms with E-state index in [1.165, 1.54) is 0 Å². The molecular weight excluding hydrogens is 140 g/mol. The van der Waals surface area contributed by atoms with Crippen LogP contribution in [0, 0.1) is 0 Å². The third-order valence-electron chi connectivity index (χ3n) is 1.42. The number of ether oxygens (including phenoxy) is 1. The lowest BCUT2D eigenvalue weighted by Crippen LogP contribution is -2.11. The molecule has 0 bridgehead atoms. The van der Waals surface area contributed by atoms with Gasteiger partial charge in [0.05, 0.1) is 6.10 Å². The summed E-state index contributed by atoms with van der Waals surface area (Å²) in [5.41, 5.74) is 0.915. The first-order chi connectivity index (χ1) is 5.06. The molecule has 0 heterocycles. The van der Waals surface area contributed by atoms with Crippen molar-refractivity contribution in [2.75, 3.05) is 7.11 Å². The van der Waals surface area contributed by atoms with Crippen molar-refractivity contribution < 1.29 is 9.53 Å². The fourth-order valence-corrected chi connectivity index (χ4v) is 0.813. The van der Waals surface area contributed by atoms with Crippen molar-refractivity contribution in [3.63, 3.8) is 0 Å². The van der Waals surface area contributed by atoms with E-state index in [4.69, 9.17) is 4.74 Å². The van der Waals surface area contributed by atoms with Gasteiger partial charge in [-0.25, -0.2) is 0 Å². The minimum atomic E-state index is 0.0295. The molecule has 11 heavy (non-hydrogen) atoms. The van der Waals surface area contributed by atoms with Crippen LogP contribution in [0.25, 0.3) is 0 Å². The Bertz CT molecular complexity index is 150. The van der Waals surface area contributed by atoms with Gasteiger partial charge in [0.25, 0.3) is 0 Å². The summed E-state index contributed by atoms with van der Waals surface area (Å²) in [6.07, 6.45) is 0.999. The van der Waals surface area contributed by atoms with Crippen molar-refractivity contribution in [2.45, 2.75) is 32.8 Å². The highest BCUT2D eigenvalue weighted by Gasteiger charge is 2.07. The zero-order chi connectivity index (χ0) is 8.85. The fourth-order valence-electron chi connectivity index (χ4n) is 0.813. The summed E-state index contributed by atoms with van der Waals surface area (Å²) in [6.45, 7) is 7.41. The van der Waals surface area contributed by atoms with Crippen molar-refractivity contribution in [2.24, 2.45) is 0 Å². The Hall–Kier alpha value is -0.630. The molecule has 0 N–H and O–H groups in total. The van der Waals surface area contributed by atoms with Crippen LogP contribution in [-0.2, 0) is 9.53 Å². The van der Waals surface area contributed by atoms with E-state index in [2.05, 4.69) is 6.58 Å². The second-order valence-corrected chi connectivity index (χ2v) is 2.92. The quantitative estimate of drug-likeness (QED) is 0.569. The van der Waals surface area contributed by atoms with E-state index in [9.17, 15) is 4.79 Å². The summed E-state index contributed by atoms with van der Waals surface area (Å²) in [4.78, 5) is 11.1. The molecule has 0 fully saturated rings. The Kier molecular flexibility index (Phi) is 4.79. The Morgan fingerprint density at radius 2 is 2.18 bits per heavy atom. The maximum Gasteiger partial charge on any atom is 0.139 e. The van der Waals surface area contributed by atoms with Crippen LogP contribution in [0.3, 0.4) is 0 Å². The van der Waals surface area contributed by atoms with Gasteiger partial charge in [-0.1, -0.05) is 12.2 Å². The van der Waals surface area contributed by atoms with E-state index in [1.54, 1.807) is 7.11 Å². The first-order valence-corrected chi connectivity index (χ1v) is 3.75. The van der Waals surface area contributed by atoms with Crippen LogP contribution >= 0.6 is 0 Å². The Labute approximate surface area is 68.2 Å². The lowest BCUT2D eigenvalue weighted by Gasteiger charge is -2.07. The smallest absolute Gasteiger partial charge is 0.139 e. The molecule has 0 saturated carbocycles. The molecule has 1 atom stereocenters. The van der Waals surface area contributed by atoms with Gasteiger partial charge in [-0.05, 0) is 13.8 Å². The maximum atomic E-state index is 11.1. The number of allylic oxidation sites excluding steroid dienone is 1. The largest absolute Gasteiger partial charge is 0.381 e. The fraction of sp³-hybridized carbons (Fsp3) is 0.667. The molecule has 0 aromatic heterocycles. The lowest BCUT2D eigenvalue weighted by molar-refractivity contribution is -0.120. The molecule has 0 amide bonds. The van der Waals surface area contributed by atoms with Gasteiger partial charge in [-0.3, -0.25) is 4.79 Å². The van der Waals surface area contributed by atoms with Crippen LogP contribution in [0.4, 0.5) is 0 Å². The summed E-state index contributed by atoms with van der Waals surface area (Å²) in [5.74, 6) is 0.201. The Morgan fingerprint density at radius 3 is 2.55 bits per heavy atom. The number of carbonyl (C=O) groups is 1. The zero-order valence-corrected chi connectivity index (χ0v) is 7.52. The number of ketones is 1. The number of rotatable bonds is 5. The molecule has 0 aliphatic carbocycles. The molecule has 0 radical (unpaired) electrons. The highest BCUT2D eigenvalue weighted by Crippen LogP contribution is 2.03. The summed E-state index contributed by atoms with van der Waals surface area (Å²) in [5, 5.41) is 0. The van der Waals surface area contributed by atoms with Crippen LogP contribution in [0.5, 0.6) is 0 Å². The van der Waals surface area contributed by atoms with Gasteiger partial charge < -0.3 is 4.74 Å². The normalized spacial score (nSPS) is 12.6. The first-order valence-electron chi connectivity index (χ1n) is 3.75. The molecule has 0 aromatic carbocycles. The standard InChI is InChI=1S/C9H16O2/c1-7(2)5-9(10)6-8(3)11-4/h8H,1,5-6H2,2-4H3. The van der Waals surface area contributed by atoms with E-state index in [1.807, 2.05) is 13.8 Å². The second kappa shape index (κ2) is 5.08. The molecule has 64 valence electrons. The van der Waals surface area contributed by atoms with Crippen molar-refractivity contribution >= 4 is 5.78 Å². The average Bonchev–Trinajstić information content (AvgIpc) is 1.85. The summed E-state index contributed by atoms with van der Waals surface area (Å²) >= 11 is 0. The van der Waals surface area contributed by atoms with Crippen molar-refractivity contribution in [1.82, 2.24) is 0 Å². The average molecular weight is 156 g/mol. The number of Topliss-reactive ketones (excluding diaryl/α,β-unsaturated/α-hetero) is 1. The van der Waals surface area contributed by atoms with Crippen LogP contribution < -0.4 is 0 Å². The maximum absolute atomic E-state index is 11.1. The van der Waals surface area contributed by atoms with Crippen LogP contribution in [-0.4, -0.2) is 19.0 Å². The Balaban J connectivity index is 3.60. The lowest BCUT2D eigenvalue weighted by atomic mass is 10.1. The highest BCUT2D eigenvalue weighted by atomic mass is 16.5. The molecule has 0 saturated heterocycles. The zero-order valence-electron chi connectivity index (χ0n) is 7.52. The molecule has 0 aliphatic rings. The SMILES string of the molecule is C=C(C)CC(=O)CC(C)OC. The number of hydrogen-bond donors (Lipinski definition) is 0. The number of carbonyl (C=O) groups excluding carboxylic acids is 1. The molecule has 0 rings (SSSR count). The van der Waals surface area contributed by atoms with Gasteiger partial charge in [0.1, 0.15) is 5.78 Å². The molecule has 0 spiro atoms. The molecule has 2 heteroatoms. The van der Waals surface area contributed by atoms with E-state index < -0.39 is 0 Å². The molecule has 0 aliphatic heterocycles. The van der Waals surface area contributed by atoms with Crippen LogP contribution in [0.15, 0.2) is 12.2 Å². The van der Waals surface area contributed by atoms with Gasteiger partial charge >= 0.3 is 0 Å².